The summed E-state index contributed by atoms with van der Waals surface area (Å²) in [5.41, 5.74) is 0. The van der Waals surface area contributed by atoms with Crippen molar-refractivity contribution in [1.29, 1.82) is 0 Å². The first-order valence-corrected chi connectivity index (χ1v) is 33.1. The highest BCUT2D eigenvalue weighted by atomic mass is 16.6. The third-order valence-corrected chi connectivity index (χ3v) is 14.8. The molecule has 1 atom stereocenters. The van der Waals surface area contributed by atoms with Gasteiger partial charge in [0.15, 0.2) is 6.10 Å². The summed E-state index contributed by atoms with van der Waals surface area (Å²) in [5.74, 6) is -0.900. The molecule has 1 unspecified atom stereocenters. The summed E-state index contributed by atoms with van der Waals surface area (Å²) in [6.07, 6.45) is 79.9. The number of allylic oxidation sites excluding steroid dienone is 8. The fraction of sp³-hybridized carbons (Fsp3) is 0.841. The van der Waals surface area contributed by atoms with Gasteiger partial charge in [0.25, 0.3) is 0 Å². The van der Waals surface area contributed by atoms with E-state index in [0.29, 0.717) is 19.3 Å². The van der Waals surface area contributed by atoms with E-state index in [0.717, 1.165) is 83.5 Å². The first-order chi connectivity index (χ1) is 37.0. The van der Waals surface area contributed by atoms with Gasteiger partial charge in [0.1, 0.15) is 13.2 Å². The number of carbonyl (C=O) groups is 3. The van der Waals surface area contributed by atoms with Crippen LogP contribution in [0.15, 0.2) is 48.6 Å². The molecule has 0 fully saturated rings. The van der Waals surface area contributed by atoms with E-state index >= 15 is 0 Å². The van der Waals surface area contributed by atoms with E-state index in [9.17, 15) is 14.4 Å². The molecule has 0 heterocycles. The zero-order valence-electron chi connectivity index (χ0n) is 50.3. The van der Waals surface area contributed by atoms with Crippen molar-refractivity contribution in [3.8, 4) is 0 Å². The Morgan fingerprint density at radius 3 is 0.813 bits per heavy atom. The van der Waals surface area contributed by atoms with Gasteiger partial charge >= 0.3 is 17.9 Å². The van der Waals surface area contributed by atoms with Crippen LogP contribution in [0.4, 0.5) is 0 Å². The summed E-state index contributed by atoms with van der Waals surface area (Å²) in [6.45, 7) is 6.56. The highest BCUT2D eigenvalue weighted by molar-refractivity contribution is 5.71. The molecule has 0 rings (SSSR count). The molecule has 0 saturated carbocycles. The van der Waals surface area contributed by atoms with Gasteiger partial charge in [0.2, 0.25) is 0 Å². The third-order valence-electron chi connectivity index (χ3n) is 14.8. The Balaban J connectivity index is 4.28. The minimum Gasteiger partial charge on any atom is -0.462 e. The number of ether oxygens (including phenoxy) is 3. The van der Waals surface area contributed by atoms with Crippen molar-refractivity contribution in [3.05, 3.63) is 48.6 Å². The lowest BCUT2D eigenvalue weighted by molar-refractivity contribution is -0.167. The Hall–Kier alpha value is -2.63. The van der Waals surface area contributed by atoms with Crippen LogP contribution >= 0.6 is 0 Å². The summed E-state index contributed by atoms with van der Waals surface area (Å²) in [6, 6.07) is 0. The predicted octanol–water partition coefficient (Wildman–Crippen LogP) is 22.6. The molecule has 0 aliphatic rings. The third kappa shape index (κ3) is 62.1. The smallest absolute Gasteiger partial charge is 0.306 e. The molecule has 0 bridgehead atoms. The van der Waals surface area contributed by atoms with E-state index in [1.165, 1.54) is 231 Å². The highest BCUT2D eigenvalue weighted by Gasteiger charge is 2.19. The maximum Gasteiger partial charge on any atom is 0.306 e. The maximum absolute atomic E-state index is 12.9. The molecule has 6 heteroatoms. The Labute approximate surface area is 467 Å². The molecule has 0 aliphatic heterocycles. The summed E-state index contributed by atoms with van der Waals surface area (Å²) in [7, 11) is 0. The molecule has 0 amide bonds. The van der Waals surface area contributed by atoms with Crippen molar-refractivity contribution in [1.82, 2.24) is 0 Å². The number of rotatable bonds is 61. The monoisotopic (exact) mass is 1050 g/mol. The summed E-state index contributed by atoms with van der Waals surface area (Å²) in [5, 5.41) is 0. The fourth-order valence-electron chi connectivity index (χ4n) is 9.91. The average Bonchev–Trinajstić information content (AvgIpc) is 3.41. The van der Waals surface area contributed by atoms with E-state index in [-0.39, 0.29) is 31.1 Å². The van der Waals surface area contributed by atoms with Crippen LogP contribution in [0.5, 0.6) is 0 Å². The van der Waals surface area contributed by atoms with Gasteiger partial charge in [0, 0.05) is 19.3 Å². The maximum atomic E-state index is 12.9. The fourth-order valence-corrected chi connectivity index (χ4v) is 9.91. The predicted molar refractivity (Wildman–Crippen MR) is 325 cm³/mol. The Kier molecular flexibility index (Phi) is 61.7. The van der Waals surface area contributed by atoms with Gasteiger partial charge in [-0.2, -0.15) is 0 Å². The number of hydrogen-bond donors (Lipinski definition) is 0. The number of esters is 3. The van der Waals surface area contributed by atoms with Gasteiger partial charge in [-0.25, -0.2) is 0 Å². The van der Waals surface area contributed by atoms with Crippen molar-refractivity contribution in [2.45, 2.75) is 361 Å². The van der Waals surface area contributed by atoms with E-state index in [1.807, 2.05) is 0 Å². The summed E-state index contributed by atoms with van der Waals surface area (Å²) < 4.78 is 16.9. The molecule has 0 saturated heterocycles. The van der Waals surface area contributed by atoms with Gasteiger partial charge in [-0.05, 0) is 57.8 Å². The minimum absolute atomic E-state index is 0.0812. The molecule has 0 aromatic rings. The van der Waals surface area contributed by atoms with Crippen LogP contribution in [-0.4, -0.2) is 37.2 Å². The van der Waals surface area contributed by atoms with E-state index in [4.69, 9.17) is 14.2 Å². The number of hydrogen-bond acceptors (Lipinski definition) is 6. The standard InChI is InChI=1S/C69H126O6/c1-4-7-10-13-16-19-22-25-28-30-31-32-33-34-35-36-37-39-41-44-47-50-53-56-59-62-68(71)74-65-66(64-73-67(70)61-58-55-52-49-46-43-40-27-24-21-18-15-12-9-6-3)75-69(72)63-60-57-54-51-48-45-42-38-29-26-23-20-17-14-11-8-5-2/h9,12,18,21,27,40,46,49,66H,4-8,10-11,13-17,19-20,22-26,28-39,41-45,47-48,50-65H2,1-3H3/b12-9-,21-18-,40-27-,49-46-. The van der Waals surface area contributed by atoms with Crippen molar-refractivity contribution in [2.24, 2.45) is 0 Å². The van der Waals surface area contributed by atoms with Gasteiger partial charge in [-0.15, -0.1) is 0 Å². The Morgan fingerprint density at radius 2 is 0.520 bits per heavy atom. The van der Waals surface area contributed by atoms with E-state index in [1.54, 1.807) is 0 Å². The van der Waals surface area contributed by atoms with Crippen LogP contribution in [0.3, 0.4) is 0 Å². The van der Waals surface area contributed by atoms with Crippen LogP contribution < -0.4 is 0 Å². The zero-order valence-corrected chi connectivity index (χ0v) is 50.3. The van der Waals surface area contributed by atoms with Gasteiger partial charge in [-0.3, -0.25) is 14.4 Å². The molecule has 0 radical (unpaired) electrons. The number of carbonyl (C=O) groups excluding carboxylic acids is 3. The second kappa shape index (κ2) is 63.9. The van der Waals surface area contributed by atoms with Crippen LogP contribution in [-0.2, 0) is 28.6 Å². The van der Waals surface area contributed by atoms with Crippen molar-refractivity contribution in [2.75, 3.05) is 13.2 Å². The highest BCUT2D eigenvalue weighted by Crippen LogP contribution is 2.18. The van der Waals surface area contributed by atoms with Gasteiger partial charge in [-0.1, -0.05) is 326 Å². The molecule has 0 aliphatic carbocycles. The largest absolute Gasteiger partial charge is 0.462 e. The molecular weight excluding hydrogens is 925 g/mol. The minimum atomic E-state index is -0.787. The average molecular weight is 1050 g/mol. The molecule has 75 heavy (non-hydrogen) atoms. The van der Waals surface area contributed by atoms with Crippen molar-refractivity contribution < 1.29 is 28.6 Å². The molecule has 0 aromatic heterocycles. The molecular formula is C69H126O6. The lowest BCUT2D eigenvalue weighted by atomic mass is 10.0. The SMILES string of the molecule is CC/C=C\C/C=C\C/C=C\C/C=C\CCCCC(=O)OCC(COC(=O)CCCCCCCCCCCCCCCCCCCCCCCCCCC)OC(=O)CCCCCCCCCCCCCCCCCCC. The van der Waals surface area contributed by atoms with Crippen molar-refractivity contribution in [3.63, 3.8) is 0 Å². The zero-order chi connectivity index (χ0) is 54.3. The molecule has 6 nitrogen and oxygen atoms in total. The van der Waals surface area contributed by atoms with E-state index < -0.39 is 6.10 Å². The Morgan fingerprint density at radius 1 is 0.280 bits per heavy atom. The second-order valence-electron chi connectivity index (χ2n) is 22.4. The second-order valence-corrected chi connectivity index (χ2v) is 22.4. The first-order valence-electron chi connectivity index (χ1n) is 33.1. The molecule has 438 valence electrons. The normalized spacial score (nSPS) is 12.3. The summed E-state index contributed by atoms with van der Waals surface area (Å²) in [4.78, 5) is 38.3. The summed E-state index contributed by atoms with van der Waals surface area (Å²) >= 11 is 0. The van der Waals surface area contributed by atoms with Crippen molar-refractivity contribution >= 4 is 17.9 Å². The van der Waals surface area contributed by atoms with Crippen LogP contribution in [0.25, 0.3) is 0 Å². The lowest BCUT2D eigenvalue weighted by Crippen LogP contribution is -2.30. The van der Waals surface area contributed by atoms with E-state index in [2.05, 4.69) is 69.4 Å². The topological polar surface area (TPSA) is 78.9 Å². The van der Waals surface area contributed by atoms with Crippen LogP contribution in [0, 0.1) is 0 Å². The molecule has 0 aromatic carbocycles. The van der Waals surface area contributed by atoms with Crippen LogP contribution in [0.2, 0.25) is 0 Å². The molecule has 0 N–H and O–H groups in total. The Bertz CT molecular complexity index is 1300. The first kappa shape index (κ1) is 72.4. The van der Waals surface area contributed by atoms with Crippen LogP contribution in [0.1, 0.15) is 355 Å². The lowest BCUT2D eigenvalue weighted by Gasteiger charge is -2.18. The van der Waals surface area contributed by atoms with Gasteiger partial charge in [0.05, 0.1) is 0 Å². The molecule has 0 spiro atoms. The van der Waals surface area contributed by atoms with Gasteiger partial charge < -0.3 is 14.2 Å². The number of unbranched alkanes of at least 4 members (excludes halogenated alkanes) is 42. The quantitative estimate of drug-likeness (QED) is 0.0261.